The van der Waals surface area contributed by atoms with Crippen LogP contribution >= 0.6 is 0 Å². The van der Waals surface area contributed by atoms with Crippen molar-refractivity contribution in [3.8, 4) is 11.1 Å². The Bertz CT molecular complexity index is 923. The van der Waals surface area contributed by atoms with Crippen LogP contribution in [0.1, 0.15) is 6.42 Å². The Hall–Kier alpha value is -3.28. The molecule has 0 saturated carbocycles. The van der Waals surface area contributed by atoms with Gasteiger partial charge in [-0.25, -0.2) is 0 Å². The van der Waals surface area contributed by atoms with E-state index in [1.807, 2.05) is 24.5 Å². The largest absolute Gasteiger partial charge is 0.360 e. The molecular weight excluding hydrogens is 314 g/mol. The molecule has 3 aliphatic heterocycles. The van der Waals surface area contributed by atoms with Crippen LogP contribution in [0.15, 0.2) is 72.5 Å². The van der Waals surface area contributed by atoms with E-state index in [1.54, 1.807) is 6.20 Å². The summed E-state index contributed by atoms with van der Waals surface area (Å²) in [5, 5.41) is 13.1. The van der Waals surface area contributed by atoms with Gasteiger partial charge in [0.05, 0.1) is 17.6 Å². The van der Waals surface area contributed by atoms with Gasteiger partial charge in [0.25, 0.3) is 0 Å². The summed E-state index contributed by atoms with van der Waals surface area (Å²) in [4.78, 5) is 14.8. The lowest BCUT2D eigenvalue weighted by Crippen LogP contribution is -2.49. The molecule has 1 atom stereocenters. The quantitative estimate of drug-likeness (QED) is 0.787. The smallest absolute Gasteiger partial charge is 0.250 e. The van der Waals surface area contributed by atoms with Crippen molar-refractivity contribution in [2.45, 2.75) is 12.0 Å². The zero-order valence-electron chi connectivity index (χ0n) is 13.5. The molecule has 1 aromatic heterocycles. The molecule has 5 rings (SSSR count). The van der Waals surface area contributed by atoms with Crippen molar-refractivity contribution in [1.29, 1.82) is 0 Å². The van der Waals surface area contributed by atoms with Crippen LogP contribution in [-0.2, 0) is 4.79 Å². The summed E-state index contributed by atoms with van der Waals surface area (Å²) < 4.78 is 0. The lowest BCUT2D eigenvalue weighted by Gasteiger charge is -2.35. The molecule has 6 nitrogen and oxygen atoms in total. The minimum atomic E-state index is -0.655. The summed E-state index contributed by atoms with van der Waals surface area (Å²) in [6.45, 7) is 0.687. The average molecular weight is 331 g/mol. The topological polar surface area (TPSA) is 73.1 Å². The number of nitrogens with zero attached hydrogens (tertiary/aromatic N) is 2. The number of carbonyl (C=O) groups excluding carboxylic acids is 1. The molecule has 2 aromatic rings. The van der Waals surface area contributed by atoms with E-state index < -0.39 is 5.54 Å². The molecule has 1 amide bonds. The number of carbonyl (C=O) groups is 1. The summed E-state index contributed by atoms with van der Waals surface area (Å²) in [5.41, 5.74) is 4.48. The van der Waals surface area contributed by atoms with Crippen LogP contribution < -0.4 is 15.5 Å². The first-order chi connectivity index (χ1) is 12.3. The third kappa shape index (κ3) is 1.97. The van der Waals surface area contributed by atoms with E-state index in [0.29, 0.717) is 6.54 Å². The van der Waals surface area contributed by atoms with Crippen molar-refractivity contribution < 1.29 is 4.79 Å². The molecule has 3 aliphatic rings. The summed E-state index contributed by atoms with van der Waals surface area (Å²) >= 11 is 0. The molecular formula is C19H17N5O. The lowest BCUT2D eigenvalue weighted by molar-refractivity contribution is -0.122. The van der Waals surface area contributed by atoms with E-state index in [2.05, 4.69) is 56.1 Å². The zero-order valence-corrected chi connectivity index (χ0v) is 13.5. The number of nitrogens with one attached hydrogen (secondary N) is 3. The van der Waals surface area contributed by atoms with Crippen LogP contribution in [0.25, 0.3) is 11.1 Å². The molecule has 124 valence electrons. The van der Waals surface area contributed by atoms with Gasteiger partial charge in [0.15, 0.2) is 0 Å². The fraction of sp³-hybridized carbons (Fsp3) is 0.158. The molecule has 1 saturated heterocycles. The number of aromatic nitrogens is 2. The molecule has 1 unspecified atom stereocenters. The second-order valence-electron chi connectivity index (χ2n) is 6.41. The second-order valence-corrected chi connectivity index (χ2v) is 6.41. The fourth-order valence-corrected chi connectivity index (χ4v) is 3.84. The highest BCUT2D eigenvalue weighted by atomic mass is 16.2. The SMILES string of the molecule is O=C1NCCC12C=C1NC=CC=C1N2c1ccc(-c2cn[nH]c2)cc1. The van der Waals surface area contributed by atoms with Gasteiger partial charge in [0, 0.05) is 36.6 Å². The van der Waals surface area contributed by atoms with Crippen LogP contribution in [0, 0.1) is 0 Å². The van der Waals surface area contributed by atoms with E-state index in [-0.39, 0.29) is 5.91 Å². The molecule has 1 spiro atoms. The second kappa shape index (κ2) is 5.11. The number of aromatic amines is 1. The predicted octanol–water partition coefficient (Wildman–Crippen LogP) is 2.04. The highest BCUT2D eigenvalue weighted by Gasteiger charge is 2.52. The minimum absolute atomic E-state index is 0.0519. The van der Waals surface area contributed by atoms with Crippen molar-refractivity contribution in [2.75, 3.05) is 11.4 Å². The Kier molecular flexibility index (Phi) is 2.88. The summed E-state index contributed by atoms with van der Waals surface area (Å²) in [6, 6.07) is 8.24. The Balaban J connectivity index is 1.60. The number of hydrogen-bond donors (Lipinski definition) is 3. The average Bonchev–Trinajstić information content (AvgIpc) is 3.36. The Morgan fingerprint density at radius 3 is 2.76 bits per heavy atom. The van der Waals surface area contributed by atoms with Gasteiger partial charge in [-0.2, -0.15) is 5.10 Å². The first-order valence-electron chi connectivity index (χ1n) is 8.32. The number of rotatable bonds is 2. The van der Waals surface area contributed by atoms with Gasteiger partial charge in [-0.1, -0.05) is 12.1 Å². The summed E-state index contributed by atoms with van der Waals surface area (Å²) in [5.74, 6) is 0.0519. The molecule has 3 N–H and O–H groups in total. The maximum absolute atomic E-state index is 12.7. The lowest BCUT2D eigenvalue weighted by atomic mass is 9.96. The number of benzene rings is 1. The summed E-state index contributed by atoms with van der Waals surface area (Å²) in [7, 11) is 0. The predicted molar refractivity (Wildman–Crippen MR) is 95.3 cm³/mol. The standard InChI is InChI=1S/C19H17N5O/c25-18-19(7-9-21-18)10-16-17(2-1-8-20-16)24(19)15-5-3-13(4-6-15)14-11-22-23-12-14/h1-6,8,10-12,20H,7,9H2,(H,21,25)(H,22,23). The van der Waals surface area contributed by atoms with Crippen LogP contribution in [0.3, 0.4) is 0 Å². The highest BCUT2D eigenvalue weighted by Crippen LogP contribution is 2.43. The number of hydrogen-bond acceptors (Lipinski definition) is 4. The fourth-order valence-electron chi connectivity index (χ4n) is 3.84. The van der Waals surface area contributed by atoms with Crippen LogP contribution in [-0.4, -0.2) is 28.2 Å². The van der Waals surface area contributed by atoms with Gasteiger partial charge in [-0.05, 0) is 35.9 Å². The van der Waals surface area contributed by atoms with Gasteiger partial charge in [0.2, 0.25) is 5.91 Å². The third-order valence-corrected chi connectivity index (χ3v) is 5.03. The number of dihydropyridines is 1. The Labute approximate surface area is 144 Å². The zero-order chi connectivity index (χ0) is 16.9. The maximum Gasteiger partial charge on any atom is 0.250 e. The van der Waals surface area contributed by atoms with Crippen molar-refractivity contribution >= 4 is 11.6 Å². The molecule has 0 aliphatic carbocycles. The van der Waals surface area contributed by atoms with Crippen molar-refractivity contribution in [2.24, 2.45) is 0 Å². The van der Waals surface area contributed by atoms with Gasteiger partial charge in [-0.3, -0.25) is 9.89 Å². The third-order valence-electron chi connectivity index (χ3n) is 5.03. The van der Waals surface area contributed by atoms with Crippen molar-refractivity contribution in [1.82, 2.24) is 20.8 Å². The van der Waals surface area contributed by atoms with Crippen LogP contribution in [0.2, 0.25) is 0 Å². The van der Waals surface area contributed by atoms with E-state index in [4.69, 9.17) is 0 Å². The molecule has 1 fully saturated rings. The Morgan fingerprint density at radius 1 is 1.16 bits per heavy atom. The van der Waals surface area contributed by atoms with Gasteiger partial charge < -0.3 is 15.5 Å². The number of H-pyrrole nitrogens is 1. The van der Waals surface area contributed by atoms with E-state index in [0.717, 1.165) is 34.6 Å². The van der Waals surface area contributed by atoms with Crippen LogP contribution in [0.4, 0.5) is 5.69 Å². The number of fused-ring (bicyclic) bond motifs is 1. The number of amides is 1. The van der Waals surface area contributed by atoms with Crippen molar-refractivity contribution in [3.63, 3.8) is 0 Å². The van der Waals surface area contributed by atoms with E-state index >= 15 is 0 Å². The van der Waals surface area contributed by atoms with E-state index in [1.165, 1.54) is 0 Å². The molecule has 25 heavy (non-hydrogen) atoms. The number of allylic oxidation sites excluding steroid dienone is 2. The highest BCUT2D eigenvalue weighted by molar-refractivity contribution is 5.98. The summed E-state index contributed by atoms with van der Waals surface area (Å²) in [6.07, 6.45) is 12.4. The van der Waals surface area contributed by atoms with Crippen LogP contribution in [0.5, 0.6) is 0 Å². The Morgan fingerprint density at radius 2 is 2.04 bits per heavy atom. The minimum Gasteiger partial charge on any atom is -0.360 e. The molecule has 1 aromatic carbocycles. The molecule has 4 heterocycles. The number of anilines is 1. The molecule has 0 radical (unpaired) electrons. The first-order valence-corrected chi connectivity index (χ1v) is 8.32. The normalized spacial score (nSPS) is 24.0. The maximum atomic E-state index is 12.7. The first kappa shape index (κ1) is 14.1. The van der Waals surface area contributed by atoms with Gasteiger partial charge in [-0.15, -0.1) is 0 Å². The van der Waals surface area contributed by atoms with Crippen molar-refractivity contribution in [3.05, 3.63) is 72.5 Å². The monoisotopic (exact) mass is 331 g/mol. The van der Waals surface area contributed by atoms with E-state index in [9.17, 15) is 4.79 Å². The van der Waals surface area contributed by atoms with Gasteiger partial charge >= 0.3 is 0 Å². The molecule has 6 heteroatoms. The molecule has 0 bridgehead atoms. The van der Waals surface area contributed by atoms with Gasteiger partial charge in [0.1, 0.15) is 5.54 Å².